The maximum atomic E-state index is 11.8. The summed E-state index contributed by atoms with van der Waals surface area (Å²) in [6.45, 7) is 3.20. The van der Waals surface area contributed by atoms with Gasteiger partial charge >= 0.3 is 5.97 Å². The van der Waals surface area contributed by atoms with E-state index in [1.807, 2.05) is 6.92 Å². The monoisotopic (exact) mass is 243 g/mol. The molecule has 0 bridgehead atoms. The summed E-state index contributed by atoms with van der Waals surface area (Å²) in [5, 5.41) is 11.7. The van der Waals surface area contributed by atoms with E-state index in [0.717, 1.165) is 0 Å². The SMILES string of the molecule is COCC(C)CNC(=O)[C@@H]1CC[C@H](C(=O)O)C1. The molecular formula is C12H21NO4. The van der Waals surface area contributed by atoms with Gasteiger partial charge in [-0.2, -0.15) is 0 Å². The van der Waals surface area contributed by atoms with Crippen molar-refractivity contribution in [2.45, 2.75) is 26.2 Å². The number of carboxylic acid groups (broad SMARTS) is 1. The molecule has 0 aromatic carbocycles. The zero-order valence-electron chi connectivity index (χ0n) is 10.4. The van der Waals surface area contributed by atoms with Gasteiger partial charge in [0.25, 0.3) is 0 Å². The van der Waals surface area contributed by atoms with E-state index in [1.54, 1.807) is 7.11 Å². The maximum Gasteiger partial charge on any atom is 0.306 e. The smallest absolute Gasteiger partial charge is 0.306 e. The van der Waals surface area contributed by atoms with Crippen LogP contribution in [0.2, 0.25) is 0 Å². The van der Waals surface area contributed by atoms with Crippen molar-refractivity contribution in [3.05, 3.63) is 0 Å². The fourth-order valence-corrected chi connectivity index (χ4v) is 2.21. The summed E-state index contributed by atoms with van der Waals surface area (Å²) in [6, 6.07) is 0. The minimum atomic E-state index is -0.784. The van der Waals surface area contributed by atoms with Crippen molar-refractivity contribution in [2.75, 3.05) is 20.3 Å². The van der Waals surface area contributed by atoms with E-state index in [4.69, 9.17) is 9.84 Å². The lowest BCUT2D eigenvalue weighted by molar-refractivity contribution is -0.141. The van der Waals surface area contributed by atoms with Crippen molar-refractivity contribution in [3.8, 4) is 0 Å². The summed E-state index contributed by atoms with van der Waals surface area (Å²) >= 11 is 0. The number of amides is 1. The predicted octanol–water partition coefficient (Wildman–Crippen LogP) is 0.886. The lowest BCUT2D eigenvalue weighted by atomic mass is 10.0. The molecule has 98 valence electrons. The number of ether oxygens (including phenoxy) is 1. The van der Waals surface area contributed by atoms with Crippen LogP contribution in [0, 0.1) is 17.8 Å². The standard InChI is InChI=1S/C12H21NO4/c1-8(7-17-2)6-13-11(14)9-3-4-10(5-9)12(15)16/h8-10H,3-7H2,1-2H3,(H,13,14)(H,15,16)/t8?,9-,10+/m1/s1. The molecule has 5 heteroatoms. The normalized spacial score (nSPS) is 25.5. The molecule has 0 saturated heterocycles. The Kier molecular flexibility index (Phi) is 5.41. The molecule has 0 aromatic rings. The number of hydrogen-bond acceptors (Lipinski definition) is 3. The fourth-order valence-electron chi connectivity index (χ4n) is 2.21. The molecule has 1 aliphatic carbocycles. The van der Waals surface area contributed by atoms with E-state index in [1.165, 1.54) is 0 Å². The Morgan fingerprint density at radius 3 is 2.59 bits per heavy atom. The van der Waals surface area contributed by atoms with Crippen LogP contribution < -0.4 is 5.32 Å². The van der Waals surface area contributed by atoms with Crippen LogP contribution in [0.25, 0.3) is 0 Å². The zero-order valence-corrected chi connectivity index (χ0v) is 10.4. The second-order valence-corrected chi connectivity index (χ2v) is 4.85. The van der Waals surface area contributed by atoms with Crippen molar-refractivity contribution in [2.24, 2.45) is 17.8 Å². The average molecular weight is 243 g/mol. The van der Waals surface area contributed by atoms with Crippen LogP contribution in [-0.4, -0.2) is 37.2 Å². The van der Waals surface area contributed by atoms with Crippen molar-refractivity contribution >= 4 is 11.9 Å². The molecule has 3 atom stereocenters. The second-order valence-electron chi connectivity index (χ2n) is 4.85. The molecule has 1 fully saturated rings. The minimum Gasteiger partial charge on any atom is -0.481 e. The van der Waals surface area contributed by atoms with Crippen molar-refractivity contribution in [3.63, 3.8) is 0 Å². The Morgan fingerprint density at radius 2 is 2.06 bits per heavy atom. The van der Waals surface area contributed by atoms with Crippen LogP contribution in [0.5, 0.6) is 0 Å². The second kappa shape index (κ2) is 6.59. The Balaban J connectivity index is 2.27. The molecule has 1 unspecified atom stereocenters. The predicted molar refractivity (Wildman–Crippen MR) is 62.5 cm³/mol. The molecule has 0 radical (unpaired) electrons. The zero-order chi connectivity index (χ0) is 12.8. The lowest BCUT2D eigenvalue weighted by Crippen LogP contribution is -2.34. The van der Waals surface area contributed by atoms with Crippen molar-refractivity contribution in [1.82, 2.24) is 5.32 Å². The van der Waals surface area contributed by atoms with Gasteiger partial charge in [-0.3, -0.25) is 9.59 Å². The summed E-state index contributed by atoms with van der Waals surface area (Å²) in [4.78, 5) is 22.6. The van der Waals surface area contributed by atoms with Crippen LogP contribution in [0.15, 0.2) is 0 Å². The van der Waals surface area contributed by atoms with E-state index in [-0.39, 0.29) is 23.7 Å². The number of carbonyl (C=O) groups excluding carboxylic acids is 1. The van der Waals surface area contributed by atoms with Crippen LogP contribution in [0.1, 0.15) is 26.2 Å². The fraction of sp³-hybridized carbons (Fsp3) is 0.833. The van der Waals surface area contributed by atoms with E-state index >= 15 is 0 Å². The molecule has 0 heterocycles. The van der Waals surface area contributed by atoms with Gasteiger partial charge in [-0.25, -0.2) is 0 Å². The van der Waals surface area contributed by atoms with Gasteiger partial charge < -0.3 is 15.2 Å². The van der Waals surface area contributed by atoms with Crippen molar-refractivity contribution < 1.29 is 19.4 Å². The van der Waals surface area contributed by atoms with Crippen LogP contribution >= 0.6 is 0 Å². The first-order chi connectivity index (χ1) is 8.04. The third-order valence-electron chi connectivity index (χ3n) is 3.23. The number of aliphatic carboxylic acids is 1. The molecule has 5 nitrogen and oxygen atoms in total. The number of carbonyl (C=O) groups is 2. The molecule has 1 aliphatic rings. The van der Waals surface area contributed by atoms with Gasteiger partial charge in [0.1, 0.15) is 0 Å². The number of methoxy groups -OCH3 is 1. The van der Waals surface area contributed by atoms with Crippen LogP contribution in [0.4, 0.5) is 0 Å². The van der Waals surface area contributed by atoms with Crippen LogP contribution in [0.3, 0.4) is 0 Å². The lowest BCUT2D eigenvalue weighted by Gasteiger charge is -2.14. The van der Waals surface area contributed by atoms with Crippen molar-refractivity contribution in [1.29, 1.82) is 0 Å². The quantitative estimate of drug-likeness (QED) is 0.726. The van der Waals surface area contributed by atoms with Gasteiger partial charge in [0.2, 0.25) is 5.91 Å². The van der Waals surface area contributed by atoms with E-state index in [0.29, 0.717) is 32.4 Å². The Bertz CT molecular complexity index is 280. The number of hydrogen-bond donors (Lipinski definition) is 2. The summed E-state index contributed by atoms with van der Waals surface area (Å²) in [5.74, 6) is -1.00. The third-order valence-corrected chi connectivity index (χ3v) is 3.23. The molecule has 0 aliphatic heterocycles. The molecule has 0 spiro atoms. The molecule has 1 amide bonds. The highest BCUT2D eigenvalue weighted by atomic mass is 16.5. The Morgan fingerprint density at radius 1 is 1.41 bits per heavy atom. The van der Waals surface area contributed by atoms with Gasteiger partial charge in [-0.15, -0.1) is 0 Å². The molecule has 1 rings (SSSR count). The third kappa shape index (κ3) is 4.34. The van der Waals surface area contributed by atoms with Gasteiger partial charge in [-0.05, 0) is 25.2 Å². The number of nitrogens with one attached hydrogen (secondary N) is 1. The van der Waals surface area contributed by atoms with E-state index < -0.39 is 5.97 Å². The Labute approximate surface area is 102 Å². The highest BCUT2D eigenvalue weighted by Gasteiger charge is 2.33. The minimum absolute atomic E-state index is 0.0169. The van der Waals surface area contributed by atoms with E-state index in [2.05, 4.69) is 5.32 Å². The Hall–Kier alpha value is -1.10. The van der Waals surface area contributed by atoms with E-state index in [9.17, 15) is 9.59 Å². The summed E-state index contributed by atoms with van der Waals surface area (Å²) < 4.78 is 4.98. The number of rotatable bonds is 6. The van der Waals surface area contributed by atoms with Crippen LogP contribution in [-0.2, 0) is 14.3 Å². The summed E-state index contributed by atoms with van der Waals surface area (Å²) in [5.41, 5.74) is 0. The molecule has 2 N–H and O–H groups in total. The number of carboxylic acids is 1. The molecule has 17 heavy (non-hydrogen) atoms. The molecular weight excluding hydrogens is 222 g/mol. The van der Waals surface area contributed by atoms with Gasteiger partial charge in [0.15, 0.2) is 0 Å². The average Bonchev–Trinajstić information content (AvgIpc) is 2.75. The first-order valence-corrected chi connectivity index (χ1v) is 6.04. The highest BCUT2D eigenvalue weighted by Crippen LogP contribution is 2.31. The largest absolute Gasteiger partial charge is 0.481 e. The summed E-state index contributed by atoms with van der Waals surface area (Å²) in [7, 11) is 1.63. The highest BCUT2D eigenvalue weighted by molar-refractivity contribution is 5.80. The van der Waals surface area contributed by atoms with Gasteiger partial charge in [0.05, 0.1) is 12.5 Å². The maximum absolute atomic E-state index is 11.8. The van der Waals surface area contributed by atoms with Gasteiger partial charge in [0, 0.05) is 19.6 Å². The first kappa shape index (κ1) is 14.0. The topological polar surface area (TPSA) is 75.6 Å². The summed E-state index contributed by atoms with van der Waals surface area (Å²) in [6.07, 6.45) is 1.77. The van der Waals surface area contributed by atoms with Gasteiger partial charge in [-0.1, -0.05) is 6.92 Å². The first-order valence-electron chi connectivity index (χ1n) is 6.04. The molecule has 0 aromatic heterocycles. The molecule has 1 saturated carbocycles.